The second-order valence-electron chi connectivity index (χ2n) is 12.3. The Kier molecular flexibility index (Phi) is 13.2. The van der Waals surface area contributed by atoms with Crippen LogP contribution in [0.1, 0.15) is 71.8 Å². The second-order valence-corrected chi connectivity index (χ2v) is 13.5. The topological polar surface area (TPSA) is 96.5 Å². The molecule has 1 atom stereocenters. The van der Waals surface area contributed by atoms with Crippen LogP contribution in [0.4, 0.5) is 11.4 Å². The van der Waals surface area contributed by atoms with Crippen molar-refractivity contribution in [2.75, 3.05) is 17.2 Å². The van der Waals surface area contributed by atoms with Gasteiger partial charge in [0.25, 0.3) is 11.8 Å². The number of unbranched alkanes of at least 4 members (excludes halogenated alkanes) is 1. The molecule has 0 spiro atoms. The Labute approximate surface area is 304 Å². The summed E-state index contributed by atoms with van der Waals surface area (Å²) in [4.78, 5) is 41.4. The summed E-state index contributed by atoms with van der Waals surface area (Å²) in [5, 5.41) is 8.22. The Morgan fingerprint density at radius 3 is 2.08 bits per heavy atom. The van der Waals surface area contributed by atoms with E-state index in [-0.39, 0.29) is 11.6 Å². The molecule has 3 N–H and O–H groups in total. The quantitative estimate of drug-likeness (QED) is 0.0575. The molecular weight excluding hydrogens is 655 g/mol. The molecule has 0 aromatic heterocycles. The minimum Gasteiger partial charge on any atom is -0.494 e. The van der Waals surface area contributed by atoms with Gasteiger partial charge in [-0.05, 0) is 89.7 Å². The van der Waals surface area contributed by atoms with Gasteiger partial charge in [-0.3, -0.25) is 14.4 Å². The summed E-state index contributed by atoms with van der Waals surface area (Å²) in [6.07, 6.45) is 3.70. The molecule has 0 saturated carbocycles. The van der Waals surface area contributed by atoms with Crippen molar-refractivity contribution in [2.24, 2.45) is 0 Å². The monoisotopic (exact) mass is 697 g/mol. The van der Waals surface area contributed by atoms with Crippen molar-refractivity contribution in [1.29, 1.82) is 0 Å². The fourth-order valence-corrected chi connectivity index (χ4v) is 6.23. The van der Waals surface area contributed by atoms with E-state index in [0.717, 1.165) is 34.6 Å². The number of hydrogen-bond donors (Lipinski definition) is 3. The number of carbonyl (C=O) groups is 3. The van der Waals surface area contributed by atoms with Crippen molar-refractivity contribution in [3.05, 3.63) is 161 Å². The molecule has 0 radical (unpaired) electrons. The third kappa shape index (κ3) is 10.9. The van der Waals surface area contributed by atoms with Crippen LogP contribution in [-0.4, -0.2) is 24.3 Å². The highest BCUT2D eigenvalue weighted by molar-refractivity contribution is 8.00. The molecule has 0 aliphatic heterocycles. The molecule has 0 aliphatic carbocycles. The molecule has 260 valence electrons. The molecule has 3 amide bonds. The van der Waals surface area contributed by atoms with Crippen LogP contribution in [0.5, 0.6) is 5.75 Å². The number of hydrogen-bond acceptors (Lipinski definition) is 5. The van der Waals surface area contributed by atoms with Crippen LogP contribution in [0.2, 0.25) is 0 Å². The van der Waals surface area contributed by atoms with Crippen molar-refractivity contribution in [3.8, 4) is 5.75 Å². The van der Waals surface area contributed by atoms with Crippen LogP contribution in [-0.2, 0) is 9.59 Å². The van der Waals surface area contributed by atoms with Gasteiger partial charge in [-0.2, -0.15) is 0 Å². The molecule has 5 rings (SSSR count). The fraction of sp³-hybridized carbons (Fsp3) is 0.186. The van der Waals surface area contributed by atoms with Crippen LogP contribution in [0, 0.1) is 0 Å². The van der Waals surface area contributed by atoms with E-state index in [1.54, 1.807) is 36.4 Å². The highest BCUT2D eigenvalue weighted by atomic mass is 32.2. The smallest absolute Gasteiger partial charge is 0.272 e. The molecule has 7 nitrogen and oxygen atoms in total. The Hall–Kier alpha value is -5.60. The predicted octanol–water partition coefficient (Wildman–Crippen LogP) is 9.87. The first kappa shape index (κ1) is 36.7. The Morgan fingerprint density at radius 2 is 1.41 bits per heavy atom. The summed E-state index contributed by atoms with van der Waals surface area (Å²) in [5.74, 6) is 0.0703. The lowest BCUT2D eigenvalue weighted by atomic mass is 10.0. The summed E-state index contributed by atoms with van der Waals surface area (Å²) in [7, 11) is 0. The second kappa shape index (κ2) is 18.4. The van der Waals surface area contributed by atoms with E-state index in [9.17, 15) is 14.4 Å². The highest BCUT2D eigenvalue weighted by Crippen LogP contribution is 2.37. The predicted molar refractivity (Wildman–Crippen MR) is 208 cm³/mol. The zero-order valence-corrected chi connectivity index (χ0v) is 29.9. The van der Waals surface area contributed by atoms with Crippen molar-refractivity contribution < 1.29 is 19.1 Å². The summed E-state index contributed by atoms with van der Waals surface area (Å²) < 4.78 is 5.77. The van der Waals surface area contributed by atoms with Gasteiger partial charge in [0.05, 0.1) is 6.61 Å². The molecule has 0 heterocycles. The molecule has 0 aliphatic rings. The number of benzene rings is 5. The number of amides is 3. The largest absolute Gasteiger partial charge is 0.494 e. The summed E-state index contributed by atoms with van der Waals surface area (Å²) in [6, 6.07) is 40.9. The first-order chi connectivity index (χ1) is 24.8. The van der Waals surface area contributed by atoms with E-state index >= 15 is 0 Å². The number of ether oxygens (including phenoxy) is 1. The van der Waals surface area contributed by atoms with Crippen LogP contribution >= 0.6 is 11.8 Å². The van der Waals surface area contributed by atoms with Crippen LogP contribution < -0.4 is 20.7 Å². The maximum absolute atomic E-state index is 13.7. The Balaban J connectivity index is 1.34. The number of rotatable bonds is 15. The van der Waals surface area contributed by atoms with Gasteiger partial charge < -0.3 is 20.7 Å². The van der Waals surface area contributed by atoms with E-state index in [0.29, 0.717) is 29.5 Å². The molecule has 0 bridgehead atoms. The lowest BCUT2D eigenvalue weighted by Crippen LogP contribution is -2.30. The van der Waals surface area contributed by atoms with Crippen LogP contribution in [0.15, 0.2) is 144 Å². The maximum atomic E-state index is 13.7. The molecule has 8 heteroatoms. The minimum atomic E-state index is -0.577. The van der Waals surface area contributed by atoms with Gasteiger partial charge in [0.15, 0.2) is 0 Å². The van der Waals surface area contributed by atoms with Crippen molar-refractivity contribution >= 4 is 46.9 Å². The molecular formula is C43H43N3O4S. The third-order valence-electron chi connectivity index (χ3n) is 8.02. The summed E-state index contributed by atoms with van der Waals surface area (Å²) in [5.41, 5.74) is 4.51. The van der Waals surface area contributed by atoms with Gasteiger partial charge in [-0.25, -0.2) is 0 Å². The number of carbonyl (C=O) groups excluding carboxylic acids is 3. The van der Waals surface area contributed by atoms with E-state index in [2.05, 4.69) is 36.7 Å². The van der Waals surface area contributed by atoms with Gasteiger partial charge in [0, 0.05) is 21.8 Å². The van der Waals surface area contributed by atoms with E-state index in [1.807, 2.05) is 103 Å². The van der Waals surface area contributed by atoms with Gasteiger partial charge >= 0.3 is 0 Å². The van der Waals surface area contributed by atoms with E-state index in [1.165, 1.54) is 17.3 Å². The molecule has 51 heavy (non-hydrogen) atoms. The average molecular weight is 698 g/mol. The lowest BCUT2D eigenvalue weighted by molar-refractivity contribution is -0.116. The number of thioether (sulfide) groups is 1. The zero-order chi connectivity index (χ0) is 36.0. The minimum absolute atomic E-state index is 0.0996. The Morgan fingerprint density at radius 1 is 0.725 bits per heavy atom. The normalized spacial score (nSPS) is 11.8. The highest BCUT2D eigenvalue weighted by Gasteiger charge is 2.23. The van der Waals surface area contributed by atoms with Crippen molar-refractivity contribution in [3.63, 3.8) is 0 Å². The van der Waals surface area contributed by atoms with Gasteiger partial charge in [0.2, 0.25) is 5.91 Å². The first-order valence-electron chi connectivity index (χ1n) is 17.1. The molecule has 0 fully saturated rings. The maximum Gasteiger partial charge on any atom is 0.272 e. The van der Waals surface area contributed by atoms with Crippen molar-refractivity contribution in [1.82, 2.24) is 5.32 Å². The van der Waals surface area contributed by atoms with Gasteiger partial charge in [0.1, 0.15) is 16.7 Å². The lowest BCUT2D eigenvalue weighted by Gasteiger charge is -2.18. The van der Waals surface area contributed by atoms with Gasteiger partial charge in [-0.15, -0.1) is 11.8 Å². The fourth-order valence-electron chi connectivity index (χ4n) is 5.15. The SMILES string of the molecule is CCCCOc1ccc(NC(=O)C(Sc2cccc(NC(=O)/C(=C\c3ccc(C(C)C)cc3)NC(=O)c3ccccc3)c2)c2ccccc2)cc1. The standard InChI is InChI=1S/C43H43N3O4S/c1-4-5-27-50-37-25-23-35(24-26-37)44-43(49)40(33-13-8-6-9-14-33)51-38-18-12-17-36(29-38)45-42(48)39(46-41(47)34-15-10-7-11-16-34)28-31-19-21-32(22-20-31)30(2)3/h6-26,28-30,40H,4-5,27H2,1-3H3,(H,44,49)(H,45,48)(H,46,47)/b39-28+. The van der Waals surface area contributed by atoms with E-state index in [4.69, 9.17) is 4.74 Å². The van der Waals surface area contributed by atoms with E-state index < -0.39 is 17.1 Å². The molecule has 0 saturated heterocycles. The summed E-state index contributed by atoms with van der Waals surface area (Å²) in [6.45, 7) is 7.01. The average Bonchev–Trinajstić information content (AvgIpc) is 3.15. The summed E-state index contributed by atoms with van der Waals surface area (Å²) >= 11 is 1.38. The molecule has 5 aromatic carbocycles. The first-order valence-corrected chi connectivity index (χ1v) is 18.0. The molecule has 1 unspecified atom stereocenters. The number of nitrogens with one attached hydrogen (secondary N) is 3. The van der Waals surface area contributed by atoms with Crippen LogP contribution in [0.25, 0.3) is 6.08 Å². The van der Waals surface area contributed by atoms with Crippen molar-refractivity contribution in [2.45, 2.75) is 49.7 Å². The molecule has 5 aromatic rings. The van der Waals surface area contributed by atoms with Gasteiger partial charge in [-0.1, -0.05) is 106 Å². The third-order valence-corrected chi connectivity index (χ3v) is 9.27. The van der Waals surface area contributed by atoms with Crippen LogP contribution in [0.3, 0.4) is 0 Å². The zero-order valence-electron chi connectivity index (χ0n) is 29.1. The Bertz CT molecular complexity index is 1930. The number of anilines is 2.